The number of hydrogen-bond acceptors (Lipinski definition) is 3. The predicted octanol–water partition coefficient (Wildman–Crippen LogP) is 1.30. The van der Waals surface area contributed by atoms with Crippen molar-refractivity contribution in [3.63, 3.8) is 0 Å². The second-order valence-electron chi connectivity index (χ2n) is 3.82. The van der Waals surface area contributed by atoms with Crippen LogP contribution in [-0.2, 0) is 6.54 Å². The summed E-state index contributed by atoms with van der Waals surface area (Å²) in [5, 5.41) is 9.68. The standard InChI is InChI=1S/C11H12N2O/c14-10-5-6-13-7-8-3-1-2-4-9(8)12-11(10)13/h1-4,10,14H,5-7H2/t10-/m1/s1. The zero-order valence-electron chi connectivity index (χ0n) is 7.85. The molecule has 0 spiro atoms. The smallest absolute Gasteiger partial charge is 0.134 e. The molecule has 1 saturated heterocycles. The maximum absolute atomic E-state index is 9.68. The van der Waals surface area contributed by atoms with Gasteiger partial charge in [-0.1, -0.05) is 18.2 Å². The van der Waals surface area contributed by atoms with Crippen LogP contribution in [0.2, 0.25) is 0 Å². The highest BCUT2D eigenvalue weighted by molar-refractivity contribution is 5.92. The van der Waals surface area contributed by atoms with Crippen molar-refractivity contribution in [2.24, 2.45) is 4.99 Å². The summed E-state index contributed by atoms with van der Waals surface area (Å²) in [6.45, 7) is 1.82. The van der Waals surface area contributed by atoms with Crippen LogP contribution in [0.1, 0.15) is 12.0 Å². The molecule has 0 saturated carbocycles. The topological polar surface area (TPSA) is 35.8 Å². The van der Waals surface area contributed by atoms with E-state index in [9.17, 15) is 5.11 Å². The lowest BCUT2D eigenvalue weighted by Gasteiger charge is -2.25. The molecule has 0 bridgehead atoms. The molecule has 3 nitrogen and oxygen atoms in total. The summed E-state index contributed by atoms with van der Waals surface area (Å²) in [5.74, 6) is 0.851. The summed E-state index contributed by atoms with van der Waals surface area (Å²) in [6.07, 6.45) is 0.454. The van der Waals surface area contributed by atoms with E-state index < -0.39 is 0 Å². The highest BCUT2D eigenvalue weighted by Gasteiger charge is 2.30. The summed E-state index contributed by atoms with van der Waals surface area (Å²) in [7, 11) is 0. The first-order valence-electron chi connectivity index (χ1n) is 4.94. The van der Waals surface area contributed by atoms with Gasteiger partial charge in [0.15, 0.2) is 0 Å². The van der Waals surface area contributed by atoms with Crippen LogP contribution < -0.4 is 0 Å². The van der Waals surface area contributed by atoms with Crippen molar-refractivity contribution in [1.82, 2.24) is 4.90 Å². The van der Waals surface area contributed by atoms with E-state index >= 15 is 0 Å². The fourth-order valence-electron chi connectivity index (χ4n) is 2.12. The summed E-state index contributed by atoms with van der Waals surface area (Å²) < 4.78 is 0. The molecule has 0 aromatic heterocycles. The summed E-state index contributed by atoms with van der Waals surface area (Å²) in [4.78, 5) is 6.64. The molecular formula is C11H12N2O. The van der Waals surface area contributed by atoms with Gasteiger partial charge in [-0.2, -0.15) is 0 Å². The number of aliphatic hydroxyl groups excluding tert-OH is 1. The third kappa shape index (κ3) is 1.06. The molecule has 2 heterocycles. The largest absolute Gasteiger partial charge is 0.385 e. The van der Waals surface area contributed by atoms with Crippen LogP contribution >= 0.6 is 0 Å². The van der Waals surface area contributed by atoms with Crippen molar-refractivity contribution in [2.75, 3.05) is 6.54 Å². The molecule has 0 amide bonds. The minimum Gasteiger partial charge on any atom is -0.385 e. The van der Waals surface area contributed by atoms with Crippen LogP contribution in [0, 0.1) is 0 Å². The van der Waals surface area contributed by atoms with Gasteiger partial charge in [0, 0.05) is 13.1 Å². The van der Waals surface area contributed by atoms with Gasteiger partial charge in [0.25, 0.3) is 0 Å². The Morgan fingerprint density at radius 3 is 3.14 bits per heavy atom. The minimum atomic E-state index is -0.358. The molecular weight excluding hydrogens is 176 g/mol. The number of aliphatic hydroxyl groups is 1. The number of hydrogen-bond donors (Lipinski definition) is 1. The van der Waals surface area contributed by atoms with Gasteiger partial charge in [-0.15, -0.1) is 0 Å². The summed E-state index contributed by atoms with van der Waals surface area (Å²) in [6, 6.07) is 8.12. The third-order valence-electron chi connectivity index (χ3n) is 2.88. The lowest BCUT2D eigenvalue weighted by atomic mass is 10.1. The van der Waals surface area contributed by atoms with Crippen LogP contribution in [0.3, 0.4) is 0 Å². The molecule has 1 atom stereocenters. The van der Waals surface area contributed by atoms with Crippen molar-refractivity contribution < 1.29 is 5.11 Å². The van der Waals surface area contributed by atoms with Gasteiger partial charge in [-0.05, 0) is 18.1 Å². The van der Waals surface area contributed by atoms with Gasteiger partial charge >= 0.3 is 0 Å². The van der Waals surface area contributed by atoms with Gasteiger partial charge in [0.1, 0.15) is 11.9 Å². The first kappa shape index (κ1) is 8.00. The average molecular weight is 188 g/mol. The molecule has 1 fully saturated rings. The Kier molecular flexibility index (Phi) is 1.61. The molecule has 3 heteroatoms. The number of nitrogens with zero attached hydrogens (tertiary/aromatic N) is 2. The van der Waals surface area contributed by atoms with E-state index in [1.54, 1.807) is 0 Å². The average Bonchev–Trinajstić information content (AvgIpc) is 2.57. The normalized spacial score (nSPS) is 24.2. The Bertz CT molecular complexity index is 400. The van der Waals surface area contributed by atoms with Crippen LogP contribution in [0.5, 0.6) is 0 Å². The van der Waals surface area contributed by atoms with Gasteiger partial charge in [-0.25, -0.2) is 4.99 Å². The van der Waals surface area contributed by atoms with Crippen LogP contribution in [0.15, 0.2) is 29.3 Å². The first-order chi connectivity index (χ1) is 6.84. The van der Waals surface area contributed by atoms with E-state index in [4.69, 9.17) is 0 Å². The number of benzene rings is 1. The molecule has 0 unspecified atom stereocenters. The fraction of sp³-hybridized carbons (Fsp3) is 0.364. The van der Waals surface area contributed by atoms with Crippen LogP contribution in [0.25, 0.3) is 0 Å². The monoisotopic (exact) mass is 188 g/mol. The van der Waals surface area contributed by atoms with Crippen molar-refractivity contribution in [3.05, 3.63) is 29.8 Å². The molecule has 3 rings (SSSR count). The Balaban J connectivity index is 2.09. The highest BCUT2D eigenvalue weighted by Crippen LogP contribution is 2.29. The molecule has 1 aromatic rings. The van der Waals surface area contributed by atoms with E-state index in [0.29, 0.717) is 0 Å². The molecule has 1 aromatic carbocycles. The summed E-state index contributed by atoms with van der Waals surface area (Å²) >= 11 is 0. The van der Waals surface area contributed by atoms with E-state index in [1.807, 2.05) is 18.2 Å². The highest BCUT2D eigenvalue weighted by atomic mass is 16.3. The lowest BCUT2D eigenvalue weighted by Crippen LogP contribution is -2.31. The molecule has 2 aliphatic heterocycles. The maximum Gasteiger partial charge on any atom is 0.134 e. The van der Waals surface area contributed by atoms with Crippen molar-refractivity contribution in [2.45, 2.75) is 19.1 Å². The van der Waals surface area contributed by atoms with E-state index in [0.717, 1.165) is 31.0 Å². The zero-order valence-corrected chi connectivity index (χ0v) is 7.85. The Morgan fingerprint density at radius 1 is 1.36 bits per heavy atom. The molecule has 0 aliphatic carbocycles. The predicted molar refractivity (Wildman–Crippen MR) is 54.6 cm³/mol. The quantitative estimate of drug-likeness (QED) is 0.666. The van der Waals surface area contributed by atoms with Crippen LogP contribution in [0.4, 0.5) is 5.69 Å². The first-order valence-corrected chi connectivity index (χ1v) is 4.94. The number of rotatable bonds is 0. The second-order valence-corrected chi connectivity index (χ2v) is 3.82. The van der Waals surface area contributed by atoms with Gasteiger partial charge in [-0.3, -0.25) is 0 Å². The van der Waals surface area contributed by atoms with E-state index in [-0.39, 0.29) is 6.10 Å². The van der Waals surface area contributed by atoms with Crippen molar-refractivity contribution in [1.29, 1.82) is 0 Å². The van der Waals surface area contributed by atoms with Gasteiger partial charge in [0.05, 0.1) is 5.69 Å². The fourth-order valence-corrected chi connectivity index (χ4v) is 2.12. The second kappa shape index (κ2) is 2.82. The van der Waals surface area contributed by atoms with E-state index in [2.05, 4.69) is 16.0 Å². The maximum atomic E-state index is 9.68. The SMILES string of the molecule is O[C@@H]1CCN2Cc3ccccc3N=C12. The van der Waals surface area contributed by atoms with Gasteiger partial charge in [0.2, 0.25) is 0 Å². The Morgan fingerprint density at radius 2 is 2.21 bits per heavy atom. The van der Waals surface area contributed by atoms with Gasteiger partial charge < -0.3 is 10.0 Å². The molecule has 1 N–H and O–H groups in total. The number of para-hydroxylation sites is 1. The molecule has 0 radical (unpaired) electrons. The Labute approximate surface area is 82.7 Å². The molecule has 14 heavy (non-hydrogen) atoms. The number of aliphatic imine (C=N–C) groups is 1. The Hall–Kier alpha value is -1.35. The lowest BCUT2D eigenvalue weighted by molar-refractivity contribution is 0.245. The minimum absolute atomic E-state index is 0.358. The molecule has 72 valence electrons. The number of fused-ring (bicyclic) bond motifs is 2. The zero-order chi connectivity index (χ0) is 9.54. The van der Waals surface area contributed by atoms with Crippen LogP contribution in [-0.4, -0.2) is 28.5 Å². The molecule has 2 aliphatic rings. The summed E-state index contributed by atoms with van der Waals surface area (Å²) in [5.41, 5.74) is 2.27. The third-order valence-corrected chi connectivity index (χ3v) is 2.88. The van der Waals surface area contributed by atoms with Crippen molar-refractivity contribution in [3.8, 4) is 0 Å². The van der Waals surface area contributed by atoms with E-state index in [1.165, 1.54) is 5.56 Å². The van der Waals surface area contributed by atoms with Crippen molar-refractivity contribution >= 4 is 11.5 Å². The number of amidine groups is 1.